The highest BCUT2D eigenvalue weighted by Crippen LogP contribution is 2.30. The van der Waals surface area contributed by atoms with Crippen molar-refractivity contribution in [1.82, 2.24) is 4.98 Å². The summed E-state index contributed by atoms with van der Waals surface area (Å²) in [7, 11) is 1.56. The lowest BCUT2D eigenvalue weighted by Gasteiger charge is -2.10. The summed E-state index contributed by atoms with van der Waals surface area (Å²) in [5, 5.41) is 5.62. The Kier molecular flexibility index (Phi) is 5.49. The van der Waals surface area contributed by atoms with Gasteiger partial charge in [-0.2, -0.15) is 13.2 Å². The summed E-state index contributed by atoms with van der Waals surface area (Å²) < 4.78 is 42.8. The van der Waals surface area contributed by atoms with Gasteiger partial charge in [0.2, 0.25) is 0 Å². The van der Waals surface area contributed by atoms with Gasteiger partial charge in [-0.3, -0.25) is 4.79 Å². The van der Waals surface area contributed by atoms with Gasteiger partial charge in [0, 0.05) is 17.6 Å². The van der Waals surface area contributed by atoms with Gasteiger partial charge in [0.05, 0.1) is 18.2 Å². The van der Waals surface area contributed by atoms with Crippen LogP contribution in [-0.2, 0) is 6.18 Å². The van der Waals surface area contributed by atoms with Crippen molar-refractivity contribution in [3.8, 4) is 5.75 Å². The number of nitrogens with one attached hydrogen (secondary N) is 2. The average molecular weight is 387 g/mol. The van der Waals surface area contributed by atoms with Crippen LogP contribution in [0.1, 0.15) is 15.9 Å². The minimum atomic E-state index is -4.38. The normalized spacial score (nSPS) is 11.0. The number of carbonyl (C=O) groups is 1. The molecule has 3 rings (SSSR count). The minimum Gasteiger partial charge on any atom is -0.497 e. The molecule has 2 N–H and O–H groups in total. The summed E-state index contributed by atoms with van der Waals surface area (Å²) in [6.07, 6.45) is -3.00. The second-order valence-corrected chi connectivity index (χ2v) is 5.81. The Labute approximate surface area is 159 Å². The molecule has 0 bridgehead atoms. The van der Waals surface area contributed by atoms with E-state index >= 15 is 0 Å². The number of benzene rings is 2. The third-order valence-corrected chi connectivity index (χ3v) is 3.86. The number of alkyl halides is 3. The van der Waals surface area contributed by atoms with Gasteiger partial charge >= 0.3 is 6.18 Å². The Bertz CT molecular complexity index is 938. The Balaban J connectivity index is 1.63. The van der Waals surface area contributed by atoms with Crippen LogP contribution < -0.4 is 15.4 Å². The van der Waals surface area contributed by atoms with E-state index in [1.165, 1.54) is 18.3 Å². The summed E-state index contributed by atoms with van der Waals surface area (Å²) in [5.41, 5.74) is 0.680. The van der Waals surface area contributed by atoms with Crippen molar-refractivity contribution in [3.05, 3.63) is 78.0 Å². The van der Waals surface area contributed by atoms with Gasteiger partial charge in [0.25, 0.3) is 5.91 Å². The third-order valence-electron chi connectivity index (χ3n) is 3.86. The lowest BCUT2D eigenvalue weighted by Crippen LogP contribution is -2.12. The molecule has 0 saturated carbocycles. The molecule has 0 radical (unpaired) electrons. The number of hydrogen-bond acceptors (Lipinski definition) is 4. The second kappa shape index (κ2) is 7.99. The van der Waals surface area contributed by atoms with E-state index in [-0.39, 0.29) is 5.91 Å². The molecule has 0 aliphatic heterocycles. The van der Waals surface area contributed by atoms with Crippen LogP contribution in [0.4, 0.5) is 30.4 Å². The van der Waals surface area contributed by atoms with Crippen LogP contribution in [0.25, 0.3) is 0 Å². The first kappa shape index (κ1) is 19.2. The lowest BCUT2D eigenvalue weighted by molar-refractivity contribution is -0.137. The van der Waals surface area contributed by atoms with Crippen molar-refractivity contribution in [3.63, 3.8) is 0 Å². The maximum Gasteiger partial charge on any atom is 0.416 e. The maximum absolute atomic E-state index is 12.6. The van der Waals surface area contributed by atoms with E-state index < -0.39 is 11.7 Å². The summed E-state index contributed by atoms with van der Waals surface area (Å²) in [5.74, 6) is 0.748. The quantitative estimate of drug-likeness (QED) is 0.639. The fraction of sp³-hybridized carbons (Fsp3) is 0.100. The van der Waals surface area contributed by atoms with Gasteiger partial charge in [0.15, 0.2) is 0 Å². The van der Waals surface area contributed by atoms with Gasteiger partial charge in [-0.1, -0.05) is 0 Å². The highest BCUT2D eigenvalue weighted by Gasteiger charge is 2.29. The molecule has 1 aromatic heterocycles. The zero-order chi connectivity index (χ0) is 20.1. The average Bonchev–Trinajstić information content (AvgIpc) is 2.69. The number of amides is 1. The molecule has 1 amide bonds. The van der Waals surface area contributed by atoms with Crippen LogP contribution >= 0.6 is 0 Å². The molecule has 2 aromatic carbocycles. The molecular formula is C20H16F3N3O2. The Hall–Kier alpha value is -3.55. The number of hydrogen-bond donors (Lipinski definition) is 2. The van der Waals surface area contributed by atoms with E-state index in [0.29, 0.717) is 28.5 Å². The number of methoxy groups -OCH3 is 1. The van der Waals surface area contributed by atoms with Crippen molar-refractivity contribution >= 4 is 23.1 Å². The van der Waals surface area contributed by atoms with Crippen LogP contribution in [0, 0.1) is 0 Å². The molecule has 0 fully saturated rings. The maximum atomic E-state index is 12.6. The van der Waals surface area contributed by atoms with Gasteiger partial charge in [0.1, 0.15) is 11.6 Å². The van der Waals surface area contributed by atoms with Gasteiger partial charge in [-0.15, -0.1) is 0 Å². The van der Waals surface area contributed by atoms with Crippen LogP contribution in [-0.4, -0.2) is 18.0 Å². The van der Waals surface area contributed by atoms with Crippen molar-refractivity contribution in [1.29, 1.82) is 0 Å². The number of rotatable bonds is 5. The predicted molar refractivity (Wildman–Crippen MR) is 99.9 cm³/mol. The summed E-state index contributed by atoms with van der Waals surface area (Å²) >= 11 is 0. The molecule has 0 aliphatic carbocycles. The minimum absolute atomic E-state index is 0.334. The topological polar surface area (TPSA) is 63.2 Å². The zero-order valence-corrected chi connectivity index (χ0v) is 14.7. The third kappa shape index (κ3) is 4.79. The van der Waals surface area contributed by atoms with Crippen LogP contribution in [0.15, 0.2) is 66.9 Å². The monoisotopic (exact) mass is 387 g/mol. The predicted octanol–water partition coefficient (Wildman–Crippen LogP) is 5.10. The number of halogens is 3. The molecule has 0 atom stereocenters. The Morgan fingerprint density at radius 1 is 0.929 bits per heavy atom. The molecule has 8 heteroatoms. The van der Waals surface area contributed by atoms with Gasteiger partial charge < -0.3 is 15.4 Å². The zero-order valence-electron chi connectivity index (χ0n) is 14.7. The molecule has 5 nitrogen and oxygen atoms in total. The summed E-state index contributed by atoms with van der Waals surface area (Å²) in [6.45, 7) is 0. The molecule has 0 spiro atoms. The first-order chi connectivity index (χ1) is 13.3. The second-order valence-electron chi connectivity index (χ2n) is 5.81. The SMILES string of the molecule is COc1ccc(NC(=O)c2ccc(Nc3ccc(C(F)(F)F)cc3)nc2)cc1. The lowest BCUT2D eigenvalue weighted by atomic mass is 10.2. The highest BCUT2D eigenvalue weighted by atomic mass is 19.4. The number of carbonyl (C=O) groups excluding carboxylic acids is 1. The number of anilines is 3. The fourth-order valence-corrected chi connectivity index (χ4v) is 2.37. The number of nitrogens with zero attached hydrogens (tertiary/aromatic N) is 1. The van der Waals surface area contributed by atoms with Crippen LogP contribution in [0.5, 0.6) is 5.75 Å². The molecule has 1 heterocycles. The Morgan fingerprint density at radius 3 is 2.11 bits per heavy atom. The van der Waals surface area contributed by atoms with Gasteiger partial charge in [-0.05, 0) is 60.7 Å². The van der Waals surface area contributed by atoms with Crippen molar-refractivity contribution in [2.75, 3.05) is 17.7 Å². The molecule has 0 unspecified atom stereocenters. The smallest absolute Gasteiger partial charge is 0.416 e. The molecule has 3 aromatic rings. The van der Waals surface area contributed by atoms with Crippen molar-refractivity contribution in [2.45, 2.75) is 6.18 Å². The van der Waals surface area contributed by atoms with E-state index in [9.17, 15) is 18.0 Å². The number of pyridine rings is 1. The largest absolute Gasteiger partial charge is 0.497 e. The first-order valence-corrected chi connectivity index (χ1v) is 8.21. The van der Waals surface area contributed by atoms with Crippen molar-refractivity contribution in [2.24, 2.45) is 0 Å². The van der Waals surface area contributed by atoms with Crippen molar-refractivity contribution < 1.29 is 22.7 Å². The van der Waals surface area contributed by atoms with E-state index in [2.05, 4.69) is 15.6 Å². The number of ether oxygens (including phenoxy) is 1. The molecule has 0 aliphatic rings. The van der Waals surface area contributed by atoms with Gasteiger partial charge in [-0.25, -0.2) is 4.98 Å². The van der Waals surface area contributed by atoms with E-state index in [1.54, 1.807) is 43.5 Å². The van der Waals surface area contributed by atoms with Crippen LogP contribution in [0.2, 0.25) is 0 Å². The van der Waals surface area contributed by atoms with E-state index in [1.807, 2.05) is 0 Å². The first-order valence-electron chi connectivity index (χ1n) is 8.21. The number of aromatic nitrogens is 1. The summed E-state index contributed by atoms with van der Waals surface area (Å²) in [4.78, 5) is 16.4. The highest BCUT2D eigenvalue weighted by molar-refractivity contribution is 6.04. The molecule has 28 heavy (non-hydrogen) atoms. The molecule has 144 valence electrons. The molecule has 0 saturated heterocycles. The van der Waals surface area contributed by atoms with E-state index in [4.69, 9.17) is 4.74 Å². The Morgan fingerprint density at radius 2 is 1.57 bits per heavy atom. The molecular weight excluding hydrogens is 371 g/mol. The van der Waals surface area contributed by atoms with E-state index in [0.717, 1.165) is 12.1 Å². The standard InChI is InChI=1S/C20H16F3N3O2/c1-28-17-9-7-16(8-10-17)26-19(27)13-2-11-18(24-12-13)25-15-5-3-14(4-6-15)20(21,22)23/h2-12H,1H3,(H,24,25)(H,26,27). The summed E-state index contributed by atoms with van der Waals surface area (Å²) in [6, 6.07) is 14.6. The van der Waals surface area contributed by atoms with Crippen LogP contribution in [0.3, 0.4) is 0 Å². The fourth-order valence-electron chi connectivity index (χ4n) is 2.37.